The van der Waals surface area contributed by atoms with E-state index in [1.807, 2.05) is 21.0 Å². The molecule has 0 rings (SSSR count). The Morgan fingerprint density at radius 2 is 1.53 bits per heavy atom. The maximum atomic E-state index is 8.82. The van der Waals surface area contributed by atoms with Crippen LogP contribution >= 0.6 is 0 Å². The van der Waals surface area contributed by atoms with Crippen LogP contribution in [0.4, 0.5) is 0 Å². The van der Waals surface area contributed by atoms with Crippen LogP contribution in [-0.2, 0) is 14.2 Å². The molecule has 0 heterocycles. The average molecular weight is 223 g/mol. The van der Waals surface area contributed by atoms with Gasteiger partial charge < -0.3 is 24.6 Å². The number of hydrogen-bond acceptors (Lipinski definition) is 5. The van der Waals surface area contributed by atoms with Crippen LogP contribution in [-0.4, -0.2) is 44.7 Å². The van der Waals surface area contributed by atoms with Crippen LogP contribution in [0.25, 0.3) is 0 Å². The lowest BCUT2D eigenvalue weighted by Gasteiger charge is -2.20. The van der Waals surface area contributed by atoms with Gasteiger partial charge in [0.05, 0.1) is 0 Å². The maximum absolute atomic E-state index is 8.82. The molecule has 0 aromatic rings. The van der Waals surface area contributed by atoms with Crippen LogP contribution in [0.1, 0.15) is 27.7 Å². The minimum Gasteiger partial charge on any atom is -0.368 e. The Morgan fingerprint density at radius 3 is 1.87 bits per heavy atom. The van der Waals surface area contributed by atoms with Crippen molar-refractivity contribution in [3.63, 3.8) is 0 Å². The van der Waals surface area contributed by atoms with Crippen LogP contribution in [0.5, 0.6) is 0 Å². The molecular weight excluding hydrogens is 198 g/mol. The third-order valence-corrected chi connectivity index (χ3v) is 1.17. The minimum absolute atomic E-state index is 0.302. The second-order valence-electron chi connectivity index (χ2n) is 2.96. The first-order chi connectivity index (χ1) is 6.97. The van der Waals surface area contributed by atoms with E-state index < -0.39 is 12.6 Å². The highest BCUT2D eigenvalue weighted by atomic mass is 16.8. The number of rotatable bonds is 6. The van der Waals surface area contributed by atoms with Gasteiger partial charge in [-0.2, -0.15) is 0 Å². The van der Waals surface area contributed by atoms with E-state index in [-0.39, 0.29) is 6.29 Å². The Kier molecular flexibility index (Phi) is 13.6. The molecule has 0 aliphatic carbocycles. The summed E-state index contributed by atoms with van der Waals surface area (Å²) in [6, 6.07) is 0. The number of ether oxygens (including phenoxy) is 3. The predicted molar refractivity (Wildman–Crippen MR) is 59.4 cm³/mol. The van der Waals surface area contributed by atoms with E-state index in [2.05, 4.69) is 5.32 Å². The molecule has 2 N–H and O–H groups in total. The summed E-state index contributed by atoms with van der Waals surface area (Å²) in [5.74, 6) is 0. The van der Waals surface area contributed by atoms with Crippen molar-refractivity contribution in [3.8, 4) is 0 Å². The first kappa shape index (κ1) is 17.2. The predicted octanol–water partition coefficient (Wildman–Crippen LogP) is 0.922. The minimum atomic E-state index is -0.811. The van der Waals surface area contributed by atoms with Crippen LogP contribution < -0.4 is 5.32 Å². The number of nitrogens with one attached hydrogen (secondary N) is 1. The molecule has 0 saturated heterocycles. The molecule has 3 atom stereocenters. The van der Waals surface area contributed by atoms with E-state index in [1.54, 1.807) is 13.8 Å². The fraction of sp³-hybridized carbons (Fsp3) is 1.00. The first-order valence-electron chi connectivity index (χ1n) is 5.16. The van der Waals surface area contributed by atoms with Gasteiger partial charge >= 0.3 is 0 Å². The van der Waals surface area contributed by atoms with E-state index in [1.165, 1.54) is 6.92 Å². The standard InChI is InChI=1S/C8H18O4.C2H7N/c1-5-10-7(3)12-8(4)11-6(2)9;1-3-2/h6-9H,5H2,1-4H3;3H,1-2H3. The molecule has 0 fully saturated rings. The summed E-state index contributed by atoms with van der Waals surface area (Å²) in [4.78, 5) is 0. The molecule has 0 aliphatic rings. The van der Waals surface area contributed by atoms with Crippen molar-refractivity contribution in [2.45, 2.75) is 46.6 Å². The molecule has 0 saturated carbocycles. The molecule has 5 nitrogen and oxygen atoms in total. The summed E-state index contributed by atoms with van der Waals surface area (Å²) in [5.41, 5.74) is 0. The molecule has 0 radical (unpaired) electrons. The molecule has 3 unspecified atom stereocenters. The smallest absolute Gasteiger partial charge is 0.161 e. The number of aliphatic hydroxyl groups is 1. The van der Waals surface area contributed by atoms with E-state index >= 15 is 0 Å². The monoisotopic (exact) mass is 223 g/mol. The highest BCUT2D eigenvalue weighted by molar-refractivity contribution is 4.36. The van der Waals surface area contributed by atoms with Gasteiger partial charge in [0, 0.05) is 6.61 Å². The van der Waals surface area contributed by atoms with Gasteiger partial charge in [0.15, 0.2) is 18.9 Å². The average Bonchev–Trinajstić information content (AvgIpc) is 2.03. The van der Waals surface area contributed by atoms with Crippen LogP contribution in [0.2, 0.25) is 0 Å². The number of aliphatic hydroxyl groups excluding tert-OH is 1. The molecule has 0 amide bonds. The Balaban J connectivity index is 0. The van der Waals surface area contributed by atoms with Gasteiger partial charge in [-0.1, -0.05) is 0 Å². The Labute approximate surface area is 92.7 Å². The summed E-state index contributed by atoms with van der Waals surface area (Å²) >= 11 is 0. The van der Waals surface area contributed by atoms with Crippen molar-refractivity contribution in [2.24, 2.45) is 0 Å². The lowest BCUT2D eigenvalue weighted by Crippen LogP contribution is -2.25. The van der Waals surface area contributed by atoms with Gasteiger partial charge in [0.2, 0.25) is 0 Å². The van der Waals surface area contributed by atoms with Gasteiger partial charge in [0.25, 0.3) is 0 Å². The zero-order valence-electron chi connectivity index (χ0n) is 10.6. The summed E-state index contributed by atoms with van der Waals surface area (Å²) in [6.45, 7) is 7.52. The molecule has 0 bridgehead atoms. The molecule has 0 aliphatic heterocycles. The van der Waals surface area contributed by atoms with Gasteiger partial charge in [-0.05, 0) is 41.8 Å². The Morgan fingerprint density at radius 1 is 1.07 bits per heavy atom. The Hall–Kier alpha value is -0.200. The fourth-order valence-electron chi connectivity index (χ4n) is 0.853. The summed E-state index contributed by atoms with van der Waals surface area (Å²) < 4.78 is 15.2. The molecule has 94 valence electrons. The van der Waals surface area contributed by atoms with Crippen molar-refractivity contribution >= 4 is 0 Å². The zero-order chi connectivity index (χ0) is 12.3. The first-order valence-corrected chi connectivity index (χ1v) is 5.16. The van der Waals surface area contributed by atoms with Crippen molar-refractivity contribution in [3.05, 3.63) is 0 Å². The van der Waals surface area contributed by atoms with E-state index in [0.29, 0.717) is 6.61 Å². The van der Waals surface area contributed by atoms with E-state index in [0.717, 1.165) is 0 Å². The third-order valence-electron chi connectivity index (χ3n) is 1.17. The van der Waals surface area contributed by atoms with Crippen molar-refractivity contribution in [1.29, 1.82) is 0 Å². The molecule has 15 heavy (non-hydrogen) atoms. The van der Waals surface area contributed by atoms with Gasteiger partial charge in [-0.3, -0.25) is 0 Å². The van der Waals surface area contributed by atoms with Crippen LogP contribution in [0.15, 0.2) is 0 Å². The quantitative estimate of drug-likeness (QED) is 0.656. The lowest BCUT2D eigenvalue weighted by molar-refractivity contribution is -0.269. The second-order valence-corrected chi connectivity index (χ2v) is 2.96. The number of hydrogen-bond donors (Lipinski definition) is 2. The molecule has 0 aromatic carbocycles. The van der Waals surface area contributed by atoms with E-state index in [9.17, 15) is 0 Å². The van der Waals surface area contributed by atoms with Gasteiger partial charge in [0.1, 0.15) is 0 Å². The molecular formula is C10H25NO4. The summed E-state index contributed by atoms with van der Waals surface area (Å²) in [7, 11) is 3.75. The summed E-state index contributed by atoms with van der Waals surface area (Å²) in [6.07, 6.45) is -1.57. The zero-order valence-corrected chi connectivity index (χ0v) is 10.6. The lowest BCUT2D eigenvalue weighted by atomic mass is 10.6. The topological polar surface area (TPSA) is 60.0 Å². The maximum Gasteiger partial charge on any atom is 0.161 e. The van der Waals surface area contributed by atoms with Gasteiger partial charge in [-0.25, -0.2) is 0 Å². The highest BCUT2D eigenvalue weighted by Crippen LogP contribution is 2.02. The Bertz CT molecular complexity index is 122. The largest absolute Gasteiger partial charge is 0.368 e. The van der Waals surface area contributed by atoms with E-state index in [4.69, 9.17) is 19.3 Å². The third kappa shape index (κ3) is 16.5. The molecule has 5 heteroatoms. The van der Waals surface area contributed by atoms with Crippen molar-refractivity contribution in [1.82, 2.24) is 5.32 Å². The van der Waals surface area contributed by atoms with Crippen molar-refractivity contribution in [2.75, 3.05) is 20.7 Å². The van der Waals surface area contributed by atoms with Crippen LogP contribution in [0, 0.1) is 0 Å². The second kappa shape index (κ2) is 11.9. The van der Waals surface area contributed by atoms with Crippen molar-refractivity contribution < 1.29 is 19.3 Å². The SMILES string of the molecule is CCOC(C)OC(C)OC(C)O.CNC. The molecule has 0 aromatic heterocycles. The van der Waals surface area contributed by atoms with Gasteiger partial charge in [-0.15, -0.1) is 0 Å². The highest BCUT2D eigenvalue weighted by Gasteiger charge is 2.09. The summed E-state index contributed by atoms with van der Waals surface area (Å²) in [5, 5.41) is 11.6. The fourth-order valence-corrected chi connectivity index (χ4v) is 0.853. The normalized spacial score (nSPS) is 16.2. The van der Waals surface area contributed by atoms with Crippen LogP contribution in [0.3, 0.4) is 0 Å². The molecule has 0 spiro atoms.